The Morgan fingerprint density at radius 1 is 1.53 bits per heavy atom. The highest BCUT2D eigenvalue weighted by atomic mass is 16.6. The number of aryl methyl sites for hydroxylation is 1. The third kappa shape index (κ3) is 3.27. The first-order valence-electron chi connectivity index (χ1n) is 6.35. The Bertz CT molecular complexity index is 501. The Balaban J connectivity index is 1.95. The largest absolute Gasteiger partial charge is 0.486 e. The molecule has 2 rings (SSSR count). The van der Waals surface area contributed by atoms with E-state index in [2.05, 4.69) is 4.98 Å². The van der Waals surface area contributed by atoms with E-state index in [0.717, 1.165) is 12.8 Å². The maximum atomic E-state index is 11.5. The van der Waals surface area contributed by atoms with Crippen LogP contribution in [0.15, 0.2) is 12.1 Å². The average Bonchev–Trinajstić information content (AvgIpc) is 2.77. The van der Waals surface area contributed by atoms with Crippen molar-refractivity contribution in [3.63, 3.8) is 0 Å². The lowest BCUT2D eigenvalue weighted by Gasteiger charge is -2.09. The molecule has 6 heteroatoms. The van der Waals surface area contributed by atoms with Gasteiger partial charge in [0.1, 0.15) is 11.5 Å². The summed E-state index contributed by atoms with van der Waals surface area (Å²) in [5, 5.41) is 10.9. The lowest BCUT2D eigenvalue weighted by atomic mass is 10.0. The second-order valence-electron chi connectivity index (χ2n) is 4.72. The van der Waals surface area contributed by atoms with Gasteiger partial charge in [-0.3, -0.25) is 4.79 Å². The number of pyridine rings is 1. The molecule has 0 bridgehead atoms. The predicted molar refractivity (Wildman–Crippen MR) is 68.1 cm³/mol. The Labute approximate surface area is 110 Å². The summed E-state index contributed by atoms with van der Waals surface area (Å²) in [6, 6.07) is 3.22. The highest BCUT2D eigenvalue weighted by Crippen LogP contribution is 2.27. The molecule has 6 nitrogen and oxygen atoms in total. The lowest BCUT2D eigenvalue weighted by molar-refractivity contribution is -0.390. The molecular weight excluding hydrogens is 248 g/mol. The smallest absolute Gasteiger partial charge is 0.406 e. The molecule has 19 heavy (non-hydrogen) atoms. The van der Waals surface area contributed by atoms with Crippen LogP contribution in [0.3, 0.4) is 0 Å². The molecule has 1 aliphatic rings. The van der Waals surface area contributed by atoms with Crippen molar-refractivity contribution in [3.8, 4) is 5.75 Å². The normalized spacial score (nSPS) is 18.6. The number of aromatic nitrogens is 1. The molecule has 1 aliphatic carbocycles. The number of carbonyl (C=O) groups is 1. The summed E-state index contributed by atoms with van der Waals surface area (Å²) in [6.07, 6.45) is 3.10. The zero-order valence-electron chi connectivity index (χ0n) is 10.8. The standard InChI is InChI=1S/C13H16N2O4/c1-9-5-6-12(13(14-9)15(17)18)19-8-7-10-3-2-4-11(10)16/h5-6,10H,2-4,7-8H2,1H3. The van der Waals surface area contributed by atoms with Gasteiger partial charge in [-0.15, -0.1) is 0 Å². The van der Waals surface area contributed by atoms with Crippen LogP contribution in [0.1, 0.15) is 31.4 Å². The van der Waals surface area contributed by atoms with E-state index in [4.69, 9.17) is 4.74 Å². The zero-order chi connectivity index (χ0) is 13.8. The molecule has 0 amide bonds. The van der Waals surface area contributed by atoms with Crippen molar-refractivity contribution in [2.24, 2.45) is 5.92 Å². The maximum absolute atomic E-state index is 11.5. The van der Waals surface area contributed by atoms with Gasteiger partial charge in [0.15, 0.2) is 0 Å². The first-order valence-corrected chi connectivity index (χ1v) is 6.35. The molecule has 1 atom stereocenters. The molecule has 0 radical (unpaired) electrons. The van der Waals surface area contributed by atoms with Crippen molar-refractivity contribution in [1.82, 2.24) is 4.98 Å². The topological polar surface area (TPSA) is 82.3 Å². The number of hydrogen-bond donors (Lipinski definition) is 0. The van der Waals surface area contributed by atoms with E-state index in [0.29, 0.717) is 25.1 Å². The van der Waals surface area contributed by atoms with Crippen molar-refractivity contribution >= 4 is 11.6 Å². The fraction of sp³-hybridized carbons (Fsp3) is 0.538. The highest BCUT2D eigenvalue weighted by Gasteiger charge is 2.24. The Kier molecular flexibility index (Phi) is 4.09. The van der Waals surface area contributed by atoms with Crippen molar-refractivity contribution in [1.29, 1.82) is 0 Å². The minimum atomic E-state index is -0.553. The van der Waals surface area contributed by atoms with Crippen LogP contribution in [0, 0.1) is 23.0 Å². The van der Waals surface area contributed by atoms with Crippen LogP contribution in [0.2, 0.25) is 0 Å². The van der Waals surface area contributed by atoms with Gasteiger partial charge in [0.25, 0.3) is 0 Å². The van der Waals surface area contributed by atoms with Crippen LogP contribution in [0.4, 0.5) is 5.82 Å². The van der Waals surface area contributed by atoms with E-state index in [1.807, 2.05) is 0 Å². The molecule has 0 saturated heterocycles. The van der Waals surface area contributed by atoms with Gasteiger partial charge in [-0.2, -0.15) is 0 Å². The van der Waals surface area contributed by atoms with Gasteiger partial charge in [0, 0.05) is 19.3 Å². The van der Waals surface area contributed by atoms with Gasteiger partial charge in [-0.25, -0.2) is 0 Å². The number of Topliss-reactive ketones (excluding diaryl/α,β-unsaturated/α-hetero) is 1. The minimum Gasteiger partial charge on any atom is -0.486 e. The summed E-state index contributed by atoms with van der Waals surface area (Å²) < 4.78 is 5.41. The first kappa shape index (κ1) is 13.5. The van der Waals surface area contributed by atoms with Gasteiger partial charge >= 0.3 is 5.82 Å². The van der Waals surface area contributed by atoms with Gasteiger partial charge in [0.2, 0.25) is 5.75 Å². The molecule has 1 saturated carbocycles. The summed E-state index contributed by atoms with van der Waals surface area (Å²) in [6.45, 7) is 2.00. The van der Waals surface area contributed by atoms with E-state index in [1.54, 1.807) is 19.1 Å². The van der Waals surface area contributed by atoms with Crippen molar-refractivity contribution < 1.29 is 14.5 Å². The number of rotatable bonds is 5. The summed E-state index contributed by atoms with van der Waals surface area (Å²) in [7, 11) is 0. The van der Waals surface area contributed by atoms with Gasteiger partial charge in [-0.05, 0) is 41.3 Å². The number of nitrogens with zero attached hydrogens (tertiary/aromatic N) is 2. The van der Waals surface area contributed by atoms with Crippen molar-refractivity contribution in [2.45, 2.75) is 32.6 Å². The minimum absolute atomic E-state index is 0.0532. The second kappa shape index (κ2) is 5.77. The van der Waals surface area contributed by atoms with Crippen LogP contribution >= 0.6 is 0 Å². The second-order valence-corrected chi connectivity index (χ2v) is 4.72. The van der Waals surface area contributed by atoms with Crippen LogP contribution < -0.4 is 4.74 Å². The van der Waals surface area contributed by atoms with Crippen LogP contribution in [-0.4, -0.2) is 22.3 Å². The average molecular weight is 264 g/mol. The Morgan fingerprint density at radius 2 is 2.32 bits per heavy atom. The summed E-state index contributed by atoms with van der Waals surface area (Å²) in [4.78, 5) is 25.6. The number of carbonyl (C=O) groups excluding carboxylic acids is 1. The molecule has 1 heterocycles. The first-order chi connectivity index (χ1) is 9.08. The summed E-state index contributed by atoms with van der Waals surface area (Å²) in [5.74, 6) is 0.233. The highest BCUT2D eigenvalue weighted by molar-refractivity contribution is 5.82. The van der Waals surface area contributed by atoms with E-state index in [9.17, 15) is 14.9 Å². The van der Waals surface area contributed by atoms with Gasteiger partial charge in [0.05, 0.1) is 6.61 Å². The molecule has 102 valence electrons. The molecule has 1 fully saturated rings. The third-order valence-corrected chi connectivity index (χ3v) is 3.31. The Morgan fingerprint density at radius 3 is 2.95 bits per heavy atom. The number of nitro groups is 1. The van der Waals surface area contributed by atoms with Gasteiger partial charge < -0.3 is 14.9 Å². The van der Waals surface area contributed by atoms with E-state index in [-0.39, 0.29) is 23.3 Å². The fourth-order valence-corrected chi connectivity index (χ4v) is 2.28. The number of ether oxygens (including phenoxy) is 1. The van der Waals surface area contributed by atoms with E-state index in [1.165, 1.54) is 0 Å². The molecule has 0 aliphatic heterocycles. The van der Waals surface area contributed by atoms with Gasteiger partial charge in [-0.1, -0.05) is 0 Å². The predicted octanol–water partition coefficient (Wildman–Crippen LogP) is 2.44. The monoisotopic (exact) mass is 264 g/mol. The summed E-state index contributed by atoms with van der Waals surface area (Å²) >= 11 is 0. The Hall–Kier alpha value is -1.98. The zero-order valence-corrected chi connectivity index (χ0v) is 10.8. The van der Waals surface area contributed by atoms with Crippen LogP contribution in [0.25, 0.3) is 0 Å². The third-order valence-electron chi connectivity index (χ3n) is 3.31. The quantitative estimate of drug-likeness (QED) is 0.602. The van der Waals surface area contributed by atoms with Crippen LogP contribution in [0.5, 0.6) is 5.75 Å². The SMILES string of the molecule is Cc1ccc(OCCC2CCCC2=O)c([N+](=O)[O-])n1. The molecule has 0 spiro atoms. The van der Waals surface area contributed by atoms with Crippen LogP contribution in [-0.2, 0) is 4.79 Å². The van der Waals surface area contributed by atoms with Crippen molar-refractivity contribution in [2.75, 3.05) is 6.61 Å². The molecular formula is C13H16N2O4. The number of ketones is 1. The fourth-order valence-electron chi connectivity index (χ4n) is 2.28. The molecule has 1 unspecified atom stereocenters. The molecule has 0 N–H and O–H groups in total. The maximum Gasteiger partial charge on any atom is 0.406 e. The molecule has 0 aromatic carbocycles. The number of hydrogen-bond acceptors (Lipinski definition) is 5. The lowest BCUT2D eigenvalue weighted by Crippen LogP contribution is -2.11. The van der Waals surface area contributed by atoms with E-state index >= 15 is 0 Å². The molecule has 1 aromatic heterocycles. The van der Waals surface area contributed by atoms with Crippen molar-refractivity contribution in [3.05, 3.63) is 27.9 Å². The summed E-state index contributed by atoms with van der Waals surface area (Å²) in [5.41, 5.74) is 0.574. The molecule has 1 aromatic rings. The van der Waals surface area contributed by atoms with E-state index < -0.39 is 4.92 Å².